The number of hydrogen-bond acceptors (Lipinski definition) is 13. The van der Waals surface area contributed by atoms with Crippen LogP contribution in [0.2, 0.25) is 0 Å². The maximum absolute atomic E-state index is 12.5. The van der Waals surface area contributed by atoms with Crippen molar-refractivity contribution < 1.29 is 33.6 Å². The van der Waals surface area contributed by atoms with Crippen LogP contribution in [0.5, 0.6) is 11.5 Å². The summed E-state index contributed by atoms with van der Waals surface area (Å²) < 4.78 is 27.0. The van der Waals surface area contributed by atoms with Crippen molar-refractivity contribution in [2.75, 3.05) is 24.9 Å². The molecule has 17 nitrogen and oxygen atoms in total. The van der Waals surface area contributed by atoms with Crippen LogP contribution < -0.4 is 20.1 Å². The highest BCUT2D eigenvalue weighted by Crippen LogP contribution is 2.50. The van der Waals surface area contributed by atoms with Crippen LogP contribution in [0.15, 0.2) is 165 Å². The summed E-state index contributed by atoms with van der Waals surface area (Å²) in [7, 11) is 3.31. The van der Waals surface area contributed by atoms with Gasteiger partial charge in [0.2, 0.25) is 0 Å². The minimum atomic E-state index is -0.778. The number of aliphatic hydroxyl groups is 1. The van der Waals surface area contributed by atoms with Gasteiger partial charge in [-0.3, -0.25) is 18.7 Å². The number of anilines is 2. The Labute approximate surface area is 468 Å². The van der Waals surface area contributed by atoms with Crippen LogP contribution >= 0.6 is 11.6 Å². The lowest BCUT2D eigenvalue weighted by atomic mass is 9.84. The largest absolute Gasteiger partial charge is 0.497 e. The first-order valence-electron chi connectivity index (χ1n) is 27.0. The van der Waals surface area contributed by atoms with Crippen LogP contribution in [0.3, 0.4) is 0 Å². The molecule has 0 bridgehead atoms. The SMILES string of the molecule is COc1ccc(C(Cl)(c2ccccc2)c2ccc(OC)cc2)cc1.C[C@@H]1C[C@@H](C)[C@H]2O[C@H](n3cnc4c(NC(=O)c5ccccc5)ncnc43)C[C@H]21.C[C@@H]1C[C@@H](O)[C@@H]2C[C@@H](n3cnc4c(NC(=O)c5ccccc5)ncnc43)O[C@@H]21. The smallest absolute Gasteiger partial charge is 0.256 e. The number of carbonyl (C=O) groups is 2. The first kappa shape index (κ1) is 53.9. The van der Waals surface area contributed by atoms with E-state index in [-0.39, 0.29) is 42.4 Å². The fraction of sp³-hybridized carbons (Fsp3) is 0.323. The second-order valence-electron chi connectivity index (χ2n) is 21.1. The highest BCUT2D eigenvalue weighted by atomic mass is 35.5. The van der Waals surface area contributed by atoms with Gasteiger partial charge in [0, 0.05) is 23.5 Å². The number of rotatable bonds is 11. The maximum atomic E-state index is 12.5. The summed E-state index contributed by atoms with van der Waals surface area (Å²) >= 11 is 7.22. The van der Waals surface area contributed by atoms with Gasteiger partial charge in [-0.1, -0.05) is 112 Å². The molecule has 6 heterocycles. The Balaban J connectivity index is 0.000000127. The number of halogens is 1. The lowest BCUT2D eigenvalue weighted by Gasteiger charge is -2.29. The Bertz CT molecular complexity index is 3330. The van der Waals surface area contributed by atoms with Crippen molar-refractivity contribution in [3.8, 4) is 11.5 Å². The number of fused-ring (bicyclic) bond motifs is 4. The molecule has 5 aromatic carbocycles. The minimum absolute atomic E-state index is 0.0524. The van der Waals surface area contributed by atoms with Gasteiger partial charge in [0.05, 0.1) is 45.2 Å². The van der Waals surface area contributed by atoms with Crippen LogP contribution in [-0.2, 0) is 14.3 Å². The first-order chi connectivity index (χ1) is 38.9. The molecule has 0 radical (unpaired) electrons. The van der Waals surface area contributed by atoms with E-state index in [2.05, 4.69) is 61.3 Å². The third-order valence-corrected chi connectivity index (χ3v) is 16.8. The molecule has 3 N–H and O–H groups in total. The van der Waals surface area contributed by atoms with Gasteiger partial charge in [-0.05, 0) is 108 Å². The van der Waals surface area contributed by atoms with Crippen LogP contribution in [0.1, 0.15) is 96.3 Å². The fourth-order valence-corrected chi connectivity index (χ4v) is 12.4. The summed E-state index contributed by atoms with van der Waals surface area (Å²) in [5.41, 5.74) is 6.49. The topological polar surface area (TPSA) is 203 Å². The summed E-state index contributed by atoms with van der Waals surface area (Å²) in [4.78, 5) is 50.3. The van der Waals surface area contributed by atoms with Crippen LogP contribution in [0, 0.1) is 29.6 Å². The van der Waals surface area contributed by atoms with Gasteiger partial charge < -0.3 is 34.7 Å². The van der Waals surface area contributed by atoms with E-state index in [1.807, 2.05) is 124 Å². The Morgan fingerprint density at radius 1 is 0.537 bits per heavy atom. The molecule has 18 heteroatoms. The molecule has 2 amide bonds. The van der Waals surface area contributed by atoms with Gasteiger partial charge in [0.25, 0.3) is 11.8 Å². The van der Waals surface area contributed by atoms with Crippen LogP contribution in [0.4, 0.5) is 11.6 Å². The summed E-state index contributed by atoms with van der Waals surface area (Å²) in [5.74, 6) is 4.22. The standard InChI is InChI=1S/C21H19ClO2.C21H23N5O2.C20H21N5O3/c1-23-19-12-8-17(9-13-19)21(22,16-6-4-3-5-7-16)18-10-14-20(24-2)15-11-18;1-12-8-13(2)18-15(12)9-16(28-18)26-11-24-17-19(22-10-23-20(17)26)25-21(27)14-6-4-3-5-7-14;1-11-7-14(26)13-8-15(28-17(11)13)25-10-23-16-18(21-9-22-19(16)25)24-20(27)12-5-3-2-4-6-12/h3-15H,1-2H3;3-7,10-13,15-16,18H,8-9H2,1-2H3,(H,22,23,25,27);2-6,9-11,13-15,17,26H,7-8H2,1H3,(H,21,22,24,27)/t;12-,13-,15+,16+,18-;11-,13+,14-,15+,17-/m.11/s1. The van der Waals surface area contributed by atoms with E-state index in [0.29, 0.717) is 74.9 Å². The lowest BCUT2D eigenvalue weighted by molar-refractivity contribution is -0.0179. The molecule has 0 unspecified atom stereocenters. The number of benzene rings is 5. The quantitative estimate of drug-likeness (QED) is 0.0816. The molecule has 4 aromatic heterocycles. The zero-order chi connectivity index (χ0) is 55.5. The van der Waals surface area contributed by atoms with Gasteiger partial charge in [0.15, 0.2) is 34.0 Å². The van der Waals surface area contributed by atoms with E-state index >= 15 is 0 Å². The highest BCUT2D eigenvalue weighted by Gasteiger charge is 2.49. The zero-order valence-electron chi connectivity index (χ0n) is 45.0. The molecule has 4 fully saturated rings. The van der Waals surface area contributed by atoms with Gasteiger partial charge in [0.1, 0.15) is 41.5 Å². The molecule has 10 atom stereocenters. The molecule has 0 spiro atoms. The molecule has 4 aliphatic rings. The molecule has 410 valence electrons. The van der Waals surface area contributed by atoms with E-state index in [4.69, 9.17) is 30.5 Å². The molecule has 2 aliphatic carbocycles. The van der Waals surface area contributed by atoms with E-state index in [9.17, 15) is 14.7 Å². The van der Waals surface area contributed by atoms with Crippen molar-refractivity contribution in [3.63, 3.8) is 0 Å². The molecule has 13 rings (SSSR count). The van der Waals surface area contributed by atoms with Gasteiger partial charge >= 0.3 is 0 Å². The molecule has 80 heavy (non-hydrogen) atoms. The number of aromatic nitrogens is 8. The molecular weight excluding hydrogens is 1030 g/mol. The molecule has 2 saturated carbocycles. The summed E-state index contributed by atoms with van der Waals surface area (Å²) in [5, 5.41) is 15.9. The Kier molecular flexibility index (Phi) is 15.7. The maximum Gasteiger partial charge on any atom is 0.256 e. The van der Waals surface area contributed by atoms with E-state index in [0.717, 1.165) is 47.5 Å². The third kappa shape index (κ3) is 10.7. The van der Waals surface area contributed by atoms with Crippen LogP contribution in [-0.4, -0.2) is 88.5 Å². The highest BCUT2D eigenvalue weighted by molar-refractivity contribution is 6.28. The van der Waals surface area contributed by atoms with Gasteiger partial charge in [-0.2, -0.15) is 0 Å². The van der Waals surface area contributed by atoms with E-state index < -0.39 is 4.87 Å². The van der Waals surface area contributed by atoms with E-state index in [1.165, 1.54) is 19.1 Å². The number of alkyl halides is 1. The number of nitrogens with zero attached hydrogens (tertiary/aromatic N) is 8. The van der Waals surface area contributed by atoms with Gasteiger partial charge in [-0.15, -0.1) is 11.6 Å². The van der Waals surface area contributed by atoms with E-state index in [1.54, 1.807) is 51.1 Å². The number of amides is 2. The number of aliphatic hydroxyl groups excluding tert-OH is 1. The summed E-state index contributed by atoms with van der Waals surface area (Å²) in [6, 6.07) is 43.8. The third-order valence-electron chi connectivity index (χ3n) is 16.1. The lowest BCUT2D eigenvalue weighted by Crippen LogP contribution is -2.22. The number of hydrogen-bond donors (Lipinski definition) is 3. The minimum Gasteiger partial charge on any atom is -0.497 e. The normalized spacial score (nSPS) is 23.7. The second-order valence-corrected chi connectivity index (χ2v) is 21.7. The Hall–Kier alpha value is -8.09. The van der Waals surface area contributed by atoms with Crippen molar-refractivity contribution in [2.45, 2.75) is 82.1 Å². The average molecular weight is 1100 g/mol. The number of ether oxygens (including phenoxy) is 4. The molecule has 2 saturated heterocycles. The summed E-state index contributed by atoms with van der Waals surface area (Å²) in [6.45, 7) is 6.70. The predicted octanol–water partition coefficient (Wildman–Crippen LogP) is 11.3. The van der Waals surface area contributed by atoms with Crippen molar-refractivity contribution in [3.05, 3.63) is 193 Å². The monoisotopic (exact) mass is 1090 g/mol. The predicted molar refractivity (Wildman–Crippen MR) is 304 cm³/mol. The van der Waals surface area contributed by atoms with Crippen LogP contribution in [0.25, 0.3) is 22.3 Å². The average Bonchev–Trinajstić information content (AvgIpc) is 4.51. The number of carbonyl (C=O) groups excluding carboxylic acids is 2. The second kappa shape index (κ2) is 23.3. The van der Waals surface area contributed by atoms with Crippen molar-refractivity contribution in [1.29, 1.82) is 0 Å². The van der Waals surface area contributed by atoms with Crippen molar-refractivity contribution in [1.82, 2.24) is 39.0 Å². The Morgan fingerprint density at radius 2 is 0.950 bits per heavy atom. The first-order valence-corrected chi connectivity index (χ1v) is 27.4. The molecule has 2 aliphatic heterocycles. The zero-order valence-corrected chi connectivity index (χ0v) is 45.8. The fourth-order valence-electron chi connectivity index (χ4n) is 12.1. The molecular formula is C62H63ClN10O7. The van der Waals surface area contributed by atoms with Crippen molar-refractivity contribution in [2.24, 2.45) is 29.6 Å². The summed E-state index contributed by atoms with van der Waals surface area (Å²) in [6.07, 6.45) is 9.71. The molecule has 9 aromatic rings. The number of nitrogens with one attached hydrogen (secondary N) is 2. The number of methoxy groups -OCH3 is 2. The van der Waals surface area contributed by atoms with Gasteiger partial charge in [-0.25, -0.2) is 29.9 Å². The number of imidazole rings is 2. The van der Waals surface area contributed by atoms with Crippen molar-refractivity contribution >= 4 is 57.4 Å². The Morgan fingerprint density at radius 3 is 1.39 bits per heavy atom.